The highest BCUT2D eigenvalue weighted by Crippen LogP contribution is 2.15. The van der Waals surface area contributed by atoms with Crippen molar-refractivity contribution in [3.8, 4) is 0 Å². The second kappa shape index (κ2) is 9.97. The van der Waals surface area contributed by atoms with Gasteiger partial charge in [-0.3, -0.25) is 4.99 Å². The SMILES string of the molecule is CCN(CC)CCOC(=O)c1ccc(N=Cc2ccc(Cl)cc2)cc1. The zero-order chi connectivity index (χ0) is 18.1. The minimum atomic E-state index is -0.305. The van der Waals surface area contributed by atoms with Crippen LogP contribution in [-0.4, -0.2) is 43.3 Å². The van der Waals surface area contributed by atoms with E-state index in [0.29, 0.717) is 17.2 Å². The average molecular weight is 359 g/mol. The van der Waals surface area contributed by atoms with E-state index in [-0.39, 0.29) is 5.97 Å². The topological polar surface area (TPSA) is 41.9 Å². The molecule has 2 aromatic rings. The molecule has 0 amide bonds. The molecule has 0 aromatic heterocycles. The Kier molecular flexibility index (Phi) is 7.64. The minimum absolute atomic E-state index is 0.305. The summed E-state index contributed by atoms with van der Waals surface area (Å²) in [5.41, 5.74) is 2.27. The first-order chi connectivity index (χ1) is 12.1. The van der Waals surface area contributed by atoms with Crippen LogP contribution in [0.5, 0.6) is 0 Å². The van der Waals surface area contributed by atoms with Crippen molar-refractivity contribution < 1.29 is 9.53 Å². The number of carbonyl (C=O) groups excluding carboxylic acids is 1. The van der Waals surface area contributed by atoms with Crippen molar-refractivity contribution in [2.45, 2.75) is 13.8 Å². The van der Waals surface area contributed by atoms with Crippen LogP contribution in [0.4, 0.5) is 5.69 Å². The Bertz CT molecular complexity index is 693. The highest BCUT2D eigenvalue weighted by atomic mass is 35.5. The fourth-order valence-electron chi connectivity index (χ4n) is 2.27. The predicted molar refractivity (Wildman–Crippen MR) is 103 cm³/mol. The smallest absolute Gasteiger partial charge is 0.338 e. The van der Waals surface area contributed by atoms with Gasteiger partial charge in [0.1, 0.15) is 6.61 Å². The van der Waals surface area contributed by atoms with Crippen LogP contribution >= 0.6 is 11.6 Å². The summed E-state index contributed by atoms with van der Waals surface area (Å²) in [7, 11) is 0. The molecule has 0 N–H and O–H groups in total. The third-order valence-electron chi connectivity index (χ3n) is 3.87. The predicted octanol–water partition coefficient (Wildman–Crippen LogP) is 4.59. The number of aliphatic imine (C=N–C) groups is 1. The quantitative estimate of drug-likeness (QED) is 0.512. The number of benzene rings is 2. The first-order valence-corrected chi connectivity index (χ1v) is 8.79. The second-order valence-corrected chi connectivity index (χ2v) is 5.96. The van der Waals surface area contributed by atoms with E-state index < -0.39 is 0 Å². The van der Waals surface area contributed by atoms with Gasteiger partial charge in [0.2, 0.25) is 0 Å². The van der Waals surface area contributed by atoms with Crippen LogP contribution in [0, 0.1) is 0 Å². The summed E-state index contributed by atoms with van der Waals surface area (Å²) in [5, 5.41) is 0.695. The van der Waals surface area contributed by atoms with Crippen molar-refractivity contribution in [3.05, 3.63) is 64.7 Å². The number of carbonyl (C=O) groups is 1. The number of hydrogen-bond donors (Lipinski definition) is 0. The van der Waals surface area contributed by atoms with E-state index in [9.17, 15) is 4.79 Å². The van der Waals surface area contributed by atoms with Gasteiger partial charge in [0, 0.05) is 17.8 Å². The molecule has 0 aliphatic carbocycles. The molecule has 0 saturated carbocycles. The number of halogens is 1. The van der Waals surface area contributed by atoms with E-state index in [1.807, 2.05) is 24.3 Å². The van der Waals surface area contributed by atoms with Gasteiger partial charge in [-0.05, 0) is 55.1 Å². The molecule has 2 rings (SSSR count). The van der Waals surface area contributed by atoms with Gasteiger partial charge in [-0.1, -0.05) is 37.6 Å². The van der Waals surface area contributed by atoms with Crippen molar-refractivity contribution in [1.82, 2.24) is 4.90 Å². The molecule has 0 radical (unpaired) electrons. The van der Waals surface area contributed by atoms with E-state index in [1.165, 1.54) is 0 Å². The van der Waals surface area contributed by atoms with Gasteiger partial charge in [0.05, 0.1) is 11.3 Å². The van der Waals surface area contributed by atoms with Crippen molar-refractivity contribution >= 4 is 29.5 Å². The Morgan fingerprint density at radius 2 is 1.72 bits per heavy atom. The van der Waals surface area contributed by atoms with Crippen molar-refractivity contribution in [2.75, 3.05) is 26.2 Å². The van der Waals surface area contributed by atoms with E-state index in [0.717, 1.165) is 30.9 Å². The standard InChI is InChI=1S/C20H23ClN2O2/c1-3-23(4-2)13-14-25-20(24)17-7-11-19(12-8-17)22-15-16-5-9-18(21)10-6-16/h5-12,15H,3-4,13-14H2,1-2H3. The summed E-state index contributed by atoms with van der Waals surface area (Å²) in [6.07, 6.45) is 1.76. The summed E-state index contributed by atoms with van der Waals surface area (Å²) in [6.45, 7) is 7.24. The maximum Gasteiger partial charge on any atom is 0.338 e. The molecule has 0 saturated heterocycles. The number of likely N-dealkylation sites (N-methyl/N-ethyl adjacent to an activating group) is 1. The Morgan fingerprint density at radius 3 is 2.32 bits per heavy atom. The van der Waals surface area contributed by atoms with E-state index >= 15 is 0 Å². The summed E-state index contributed by atoms with van der Waals surface area (Å²) < 4.78 is 5.31. The molecular weight excluding hydrogens is 336 g/mol. The fourth-order valence-corrected chi connectivity index (χ4v) is 2.40. The Labute approximate surface area is 154 Å². The van der Waals surface area contributed by atoms with Crippen molar-refractivity contribution in [3.63, 3.8) is 0 Å². The van der Waals surface area contributed by atoms with Gasteiger partial charge in [-0.15, -0.1) is 0 Å². The van der Waals surface area contributed by atoms with Crippen LogP contribution in [0.1, 0.15) is 29.8 Å². The first kappa shape index (κ1) is 19.2. The Balaban J connectivity index is 1.88. The van der Waals surface area contributed by atoms with Gasteiger partial charge in [0.25, 0.3) is 0 Å². The lowest BCUT2D eigenvalue weighted by Crippen LogP contribution is -2.27. The molecule has 0 unspecified atom stereocenters. The summed E-state index contributed by atoms with van der Waals surface area (Å²) >= 11 is 5.85. The van der Waals surface area contributed by atoms with Crippen LogP contribution in [0.25, 0.3) is 0 Å². The summed E-state index contributed by atoms with van der Waals surface area (Å²) in [4.78, 5) is 18.6. The molecule has 0 heterocycles. The largest absolute Gasteiger partial charge is 0.461 e. The highest BCUT2D eigenvalue weighted by molar-refractivity contribution is 6.30. The van der Waals surface area contributed by atoms with Crippen LogP contribution in [0.3, 0.4) is 0 Å². The molecule has 5 heteroatoms. The molecule has 0 aliphatic heterocycles. The third-order valence-corrected chi connectivity index (χ3v) is 4.12. The van der Waals surface area contributed by atoms with Crippen LogP contribution in [-0.2, 0) is 4.74 Å². The summed E-state index contributed by atoms with van der Waals surface area (Å²) in [6, 6.07) is 14.5. The molecule has 0 spiro atoms. The molecule has 0 aliphatic rings. The number of nitrogens with zero attached hydrogens (tertiary/aromatic N) is 2. The Hall–Kier alpha value is -2.17. The van der Waals surface area contributed by atoms with Gasteiger partial charge >= 0.3 is 5.97 Å². The number of rotatable bonds is 8. The third kappa shape index (κ3) is 6.33. The maximum absolute atomic E-state index is 12.0. The van der Waals surface area contributed by atoms with E-state index in [4.69, 9.17) is 16.3 Å². The monoisotopic (exact) mass is 358 g/mol. The molecule has 0 fully saturated rings. The van der Waals surface area contributed by atoms with E-state index in [1.54, 1.807) is 30.5 Å². The van der Waals surface area contributed by atoms with Crippen molar-refractivity contribution in [2.24, 2.45) is 4.99 Å². The second-order valence-electron chi connectivity index (χ2n) is 5.52. The highest BCUT2D eigenvalue weighted by Gasteiger charge is 2.07. The van der Waals surface area contributed by atoms with Crippen LogP contribution in [0.15, 0.2) is 53.5 Å². The average Bonchev–Trinajstić information content (AvgIpc) is 2.65. The number of hydrogen-bond acceptors (Lipinski definition) is 4. The van der Waals surface area contributed by atoms with Crippen LogP contribution < -0.4 is 0 Å². The maximum atomic E-state index is 12.0. The molecule has 25 heavy (non-hydrogen) atoms. The minimum Gasteiger partial charge on any atom is -0.461 e. The number of ether oxygens (including phenoxy) is 1. The number of esters is 1. The van der Waals surface area contributed by atoms with Gasteiger partial charge in [-0.2, -0.15) is 0 Å². The van der Waals surface area contributed by atoms with Gasteiger partial charge in [-0.25, -0.2) is 4.79 Å². The van der Waals surface area contributed by atoms with Crippen LogP contribution in [0.2, 0.25) is 5.02 Å². The van der Waals surface area contributed by atoms with Crippen molar-refractivity contribution in [1.29, 1.82) is 0 Å². The molecule has 2 aromatic carbocycles. The van der Waals surface area contributed by atoms with Gasteiger partial charge in [0.15, 0.2) is 0 Å². The summed E-state index contributed by atoms with van der Waals surface area (Å²) in [5.74, 6) is -0.305. The lowest BCUT2D eigenvalue weighted by atomic mass is 10.2. The van der Waals surface area contributed by atoms with Gasteiger partial charge < -0.3 is 9.64 Å². The zero-order valence-electron chi connectivity index (χ0n) is 14.6. The molecular formula is C20H23ClN2O2. The Morgan fingerprint density at radius 1 is 1.08 bits per heavy atom. The van der Waals surface area contributed by atoms with E-state index in [2.05, 4.69) is 23.7 Å². The fraction of sp³-hybridized carbons (Fsp3) is 0.300. The molecule has 0 atom stereocenters. The lowest BCUT2D eigenvalue weighted by molar-refractivity contribution is 0.0466. The molecule has 4 nitrogen and oxygen atoms in total. The normalized spacial score (nSPS) is 11.2. The first-order valence-electron chi connectivity index (χ1n) is 8.41. The zero-order valence-corrected chi connectivity index (χ0v) is 15.4. The molecule has 0 bridgehead atoms. The molecule has 132 valence electrons. The lowest BCUT2D eigenvalue weighted by Gasteiger charge is -2.17.